The molecule has 0 saturated heterocycles. The number of carbonyl (C=O) groups is 2. The number of esters is 1. The molecule has 0 bridgehead atoms. The third-order valence-electron chi connectivity index (χ3n) is 3.19. The summed E-state index contributed by atoms with van der Waals surface area (Å²) in [5, 5.41) is 0. The molecule has 1 aliphatic rings. The van der Waals surface area contributed by atoms with Crippen LogP contribution in [0.3, 0.4) is 0 Å². The molecule has 2 rings (SSSR count). The largest absolute Gasteiger partial charge is 0.462 e. The number of benzene rings is 1. The quantitative estimate of drug-likeness (QED) is 0.815. The minimum absolute atomic E-state index is 0.0575. The number of carbonyl (C=O) groups excluding carboxylic acids is 2. The zero-order chi connectivity index (χ0) is 13.8. The number of hydrogen-bond donors (Lipinski definition) is 1. The smallest absolute Gasteiger partial charge is 0.338 e. The summed E-state index contributed by atoms with van der Waals surface area (Å²) in [6.45, 7) is 3.75. The van der Waals surface area contributed by atoms with E-state index in [1.807, 2.05) is 6.07 Å². The number of ether oxygens (including phenoxy) is 1. The van der Waals surface area contributed by atoms with Gasteiger partial charge >= 0.3 is 5.97 Å². The molecule has 1 aliphatic heterocycles. The van der Waals surface area contributed by atoms with E-state index >= 15 is 0 Å². The summed E-state index contributed by atoms with van der Waals surface area (Å²) in [4.78, 5) is 25.7. The molecule has 2 N–H and O–H groups in total. The molecule has 0 radical (unpaired) electrons. The monoisotopic (exact) mass is 262 g/mol. The van der Waals surface area contributed by atoms with E-state index in [0.717, 1.165) is 12.0 Å². The van der Waals surface area contributed by atoms with Crippen molar-refractivity contribution in [1.29, 1.82) is 0 Å². The summed E-state index contributed by atoms with van der Waals surface area (Å²) in [6, 6.07) is 5.17. The normalized spacial score (nSPS) is 14.2. The lowest BCUT2D eigenvalue weighted by Crippen LogP contribution is -2.40. The molecule has 19 heavy (non-hydrogen) atoms. The fourth-order valence-corrected chi connectivity index (χ4v) is 2.23. The van der Waals surface area contributed by atoms with Crippen LogP contribution in [0.4, 0.5) is 0 Å². The summed E-state index contributed by atoms with van der Waals surface area (Å²) < 4.78 is 4.94. The second kappa shape index (κ2) is 5.84. The summed E-state index contributed by atoms with van der Waals surface area (Å²) >= 11 is 0. The maximum Gasteiger partial charge on any atom is 0.338 e. The summed E-state index contributed by atoms with van der Waals surface area (Å²) in [5.74, 6) is -0.452. The van der Waals surface area contributed by atoms with Crippen LogP contribution in [0.1, 0.15) is 33.2 Å². The molecule has 5 heteroatoms. The van der Waals surface area contributed by atoms with Crippen LogP contribution >= 0.6 is 0 Å². The van der Waals surface area contributed by atoms with E-state index in [2.05, 4.69) is 0 Å². The lowest BCUT2D eigenvalue weighted by atomic mass is 9.96. The van der Waals surface area contributed by atoms with E-state index in [4.69, 9.17) is 10.5 Å². The van der Waals surface area contributed by atoms with Crippen molar-refractivity contribution in [3.8, 4) is 0 Å². The number of amides is 1. The van der Waals surface area contributed by atoms with Crippen LogP contribution in [0, 0.1) is 0 Å². The molecule has 102 valence electrons. The van der Waals surface area contributed by atoms with Gasteiger partial charge in [0.1, 0.15) is 0 Å². The molecule has 0 unspecified atom stereocenters. The highest BCUT2D eigenvalue weighted by molar-refractivity contribution is 6.00. The highest BCUT2D eigenvalue weighted by Gasteiger charge is 2.24. The molecule has 0 aromatic heterocycles. The first kappa shape index (κ1) is 13.5. The Bertz CT molecular complexity index is 499. The van der Waals surface area contributed by atoms with Crippen LogP contribution < -0.4 is 5.73 Å². The molecule has 1 aromatic carbocycles. The molecule has 0 atom stereocenters. The van der Waals surface area contributed by atoms with Gasteiger partial charge < -0.3 is 15.4 Å². The van der Waals surface area contributed by atoms with Crippen LogP contribution in [-0.2, 0) is 11.2 Å². The Morgan fingerprint density at radius 1 is 1.47 bits per heavy atom. The molecular weight excluding hydrogens is 244 g/mol. The number of hydrogen-bond acceptors (Lipinski definition) is 4. The summed E-state index contributed by atoms with van der Waals surface area (Å²) in [5.41, 5.74) is 7.48. The van der Waals surface area contributed by atoms with Gasteiger partial charge in [-0.3, -0.25) is 4.79 Å². The Morgan fingerprint density at radius 3 is 2.95 bits per heavy atom. The van der Waals surface area contributed by atoms with Crippen LogP contribution in [-0.4, -0.2) is 43.0 Å². The van der Waals surface area contributed by atoms with E-state index in [1.165, 1.54) is 0 Å². The second-order valence-corrected chi connectivity index (χ2v) is 4.42. The van der Waals surface area contributed by atoms with Gasteiger partial charge in [-0.25, -0.2) is 4.79 Å². The Hall–Kier alpha value is -1.88. The van der Waals surface area contributed by atoms with Gasteiger partial charge in [0.2, 0.25) is 0 Å². The van der Waals surface area contributed by atoms with Crippen molar-refractivity contribution < 1.29 is 14.3 Å². The van der Waals surface area contributed by atoms with Gasteiger partial charge in [-0.1, -0.05) is 6.07 Å². The van der Waals surface area contributed by atoms with E-state index in [1.54, 1.807) is 24.0 Å². The van der Waals surface area contributed by atoms with Crippen molar-refractivity contribution in [2.75, 3.05) is 26.2 Å². The topological polar surface area (TPSA) is 72.6 Å². The lowest BCUT2D eigenvalue weighted by Gasteiger charge is -2.28. The first-order valence-electron chi connectivity index (χ1n) is 6.46. The molecule has 0 aliphatic carbocycles. The second-order valence-electron chi connectivity index (χ2n) is 4.42. The lowest BCUT2D eigenvalue weighted by molar-refractivity contribution is 0.0526. The third kappa shape index (κ3) is 2.76. The van der Waals surface area contributed by atoms with Crippen LogP contribution in [0.15, 0.2) is 18.2 Å². The van der Waals surface area contributed by atoms with Gasteiger partial charge in [0.05, 0.1) is 12.2 Å². The zero-order valence-electron chi connectivity index (χ0n) is 11.0. The molecule has 1 aromatic rings. The molecule has 5 nitrogen and oxygen atoms in total. The van der Waals surface area contributed by atoms with Crippen molar-refractivity contribution in [3.63, 3.8) is 0 Å². The average molecular weight is 262 g/mol. The first-order chi connectivity index (χ1) is 9.17. The van der Waals surface area contributed by atoms with Gasteiger partial charge in [-0.05, 0) is 31.0 Å². The van der Waals surface area contributed by atoms with Crippen molar-refractivity contribution in [1.82, 2.24) is 4.90 Å². The summed E-state index contributed by atoms with van der Waals surface area (Å²) in [6.07, 6.45) is 0.796. The zero-order valence-corrected chi connectivity index (χ0v) is 11.0. The van der Waals surface area contributed by atoms with Crippen LogP contribution in [0.5, 0.6) is 0 Å². The van der Waals surface area contributed by atoms with Gasteiger partial charge in [0.25, 0.3) is 5.91 Å². The molecule has 1 heterocycles. The van der Waals surface area contributed by atoms with E-state index < -0.39 is 5.97 Å². The Balaban J connectivity index is 2.28. The van der Waals surface area contributed by atoms with Crippen molar-refractivity contribution >= 4 is 11.9 Å². The number of rotatable bonds is 4. The fraction of sp³-hybridized carbons (Fsp3) is 0.429. The van der Waals surface area contributed by atoms with Crippen LogP contribution in [0.25, 0.3) is 0 Å². The number of nitrogens with two attached hydrogens (primary N) is 1. The predicted molar refractivity (Wildman–Crippen MR) is 71.1 cm³/mol. The molecule has 1 amide bonds. The predicted octanol–water partition coefficient (Wildman–Crippen LogP) is 0.820. The van der Waals surface area contributed by atoms with E-state index in [0.29, 0.717) is 37.4 Å². The van der Waals surface area contributed by atoms with Gasteiger partial charge in [0.15, 0.2) is 0 Å². The maximum absolute atomic E-state index is 12.3. The Kier molecular flexibility index (Phi) is 4.16. The number of fused-ring (bicyclic) bond motifs is 1. The molecule has 0 saturated carbocycles. The van der Waals surface area contributed by atoms with Crippen molar-refractivity contribution in [3.05, 3.63) is 34.9 Å². The maximum atomic E-state index is 12.3. The van der Waals surface area contributed by atoms with Gasteiger partial charge in [-0.15, -0.1) is 0 Å². The SMILES string of the molecule is CCOC(=O)c1ccc2c(c1)C(=O)N(CCN)CC2. The Morgan fingerprint density at radius 2 is 2.26 bits per heavy atom. The minimum Gasteiger partial charge on any atom is -0.462 e. The van der Waals surface area contributed by atoms with E-state index in [9.17, 15) is 9.59 Å². The standard InChI is InChI=1S/C14H18N2O3/c1-2-19-14(18)11-4-3-10-5-7-16(8-6-15)13(17)12(10)9-11/h3-4,9H,2,5-8,15H2,1H3. The van der Waals surface area contributed by atoms with Gasteiger partial charge in [0, 0.05) is 25.2 Å². The Labute approximate surface area is 112 Å². The van der Waals surface area contributed by atoms with Crippen LogP contribution in [0.2, 0.25) is 0 Å². The highest BCUT2D eigenvalue weighted by Crippen LogP contribution is 2.20. The first-order valence-corrected chi connectivity index (χ1v) is 6.46. The van der Waals surface area contributed by atoms with Gasteiger partial charge in [-0.2, -0.15) is 0 Å². The van der Waals surface area contributed by atoms with Crippen molar-refractivity contribution in [2.45, 2.75) is 13.3 Å². The molecule has 0 fully saturated rings. The molecular formula is C14H18N2O3. The minimum atomic E-state index is -0.394. The molecule has 0 spiro atoms. The highest BCUT2D eigenvalue weighted by atomic mass is 16.5. The number of nitrogens with zero attached hydrogens (tertiary/aromatic N) is 1. The average Bonchev–Trinajstić information content (AvgIpc) is 2.42. The fourth-order valence-electron chi connectivity index (χ4n) is 2.23. The van der Waals surface area contributed by atoms with E-state index in [-0.39, 0.29) is 5.91 Å². The third-order valence-corrected chi connectivity index (χ3v) is 3.19. The summed E-state index contributed by atoms with van der Waals surface area (Å²) in [7, 11) is 0. The van der Waals surface area contributed by atoms with Crippen molar-refractivity contribution in [2.24, 2.45) is 5.73 Å².